The third-order valence-electron chi connectivity index (χ3n) is 4.02. The van der Waals surface area contributed by atoms with Crippen LogP contribution in [-0.4, -0.2) is 39.8 Å². The van der Waals surface area contributed by atoms with E-state index < -0.39 is 5.97 Å². The smallest absolute Gasteiger partial charge is 0.341 e. The highest BCUT2D eigenvalue weighted by Crippen LogP contribution is 2.27. The average Bonchev–Trinajstić information content (AvgIpc) is 3.09. The van der Waals surface area contributed by atoms with Crippen molar-refractivity contribution < 1.29 is 23.4 Å². The zero-order valence-electron chi connectivity index (χ0n) is 16.9. The number of furan rings is 1. The lowest BCUT2D eigenvalue weighted by atomic mass is 10.2. The monoisotopic (exact) mass is 389 g/mol. The summed E-state index contributed by atoms with van der Waals surface area (Å²) < 4.78 is 20.9. The van der Waals surface area contributed by atoms with Gasteiger partial charge in [-0.05, 0) is 37.6 Å². The molecule has 28 heavy (non-hydrogen) atoms. The number of esters is 1. The van der Waals surface area contributed by atoms with E-state index in [2.05, 4.69) is 15.6 Å². The maximum atomic E-state index is 11.7. The number of carbonyl (C=O) groups excluding carboxylic acids is 1. The summed E-state index contributed by atoms with van der Waals surface area (Å²) in [7, 11) is 4.55. The Labute approximate surface area is 164 Å². The van der Waals surface area contributed by atoms with E-state index >= 15 is 0 Å². The lowest BCUT2D eigenvalue weighted by molar-refractivity contribution is 0.0599. The minimum absolute atomic E-state index is 0.385. The maximum absolute atomic E-state index is 11.7. The second-order valence-electron chi connectivity index (χ2n) is 5.91. The van der Waals surface area contributed by atoms with Gasteiger partial charge in [0.25, 0.3) is 0 Å². The minimum Gasteiger partial charge on any atom is -0.493 e. The fourth-order valence-electron chi connectivity index (χ4n) is 2.61. The lowest BCUT2D eigenvalue weighted by Crippen LogP contribution is -2.36. The van der Waals surface area contributed by atoms with Crippen LogP contribution >= 0.6 is 0 Å². The summed E-state index contributed by atoms with van der Waals surface area (Å²) in [5.41, 5.74) is 1.41. The van der Waals surface area contributed by atoms with Crippen molar-refractivity contribution >= 4 is 11.9 Å². The lowest BCUT2D eigenvalue weighted by Gasteiger charge is -2.11. The molecule has 0 aliphatic rings. The van der Waals surface area contributed by atoms with E-state index in [1.165, 1.54) is 7.11 Å². The number of aryl methyl sites for hydroxylation is 1. The van der Waals surface area contributed by atoms with E-state index in [1.807, 2.05) is 25.1 Å². The van der Waals surface area contributed by atoms with Crippen LogP contribution in [0.25, 0.3) is 0 Å². The zero-order chi connectivity index (χ0) is 20.5. The Morgan fingerprint density at radius 1 is 1.11 bits per heavy atom. The Bertz CT molecular complexity index is 829. The van der Waals surface area contributed by atoms with Crippen LogP contribution in [0.5, 0.6) is 11.5 Å². The van der Waals surface area contributed by atoms with Crippen LogP contribution in [0.3, 0.4) is 0 Å². The molecule has 2 N–H and O–H groups in total. The first kappa shape index (κ1) is 21.1. The first-order valence-electron chi connectivity index (χ1n) is 8.93. The van der Waals surface area contributed by atoms with Crippen molar-refractivity contribution in [3.8, 4) is 11.5 Å². The Kier molecular flexibility index (Phi) is 7.74. The second-order valence-corrected chi connectivity index (χ2v) is 5.91. The summed E-state index contributed by atoms with van der Waals surface area (Å²) >= 11 is 0. The molecule has 0 saturated heterocycles. The molecule has 0 unspecified atom stereocenters. The number of benzene rings is 1. The number of rotatable bonds is 8. The Morgan fingerprint density at radius 2 is 1.86 bits per heavy atom. The van der Waals surface area contributed by atoms with E-state index in [-0.39, 0.29) is 0 Å². The zero-order valence-corrected chi connectivity index (χ0v) is 16.9. The van der Waals surface area contributed by atoms with Crippen LogP contribution < -0.4 is 20.1 Å². The van der Waals surface area contributed by atoms with Gasteiger partial charge in [0, 0.05) is 6.54 Å². The third-order valence-corrected chi connectivity index (χ3v) is 4.02. The van der Waals surface area contributed by atoms with Gasteiger partial charge >= 0.3 is 5.97 Å². The number of ether oxygens (including phenoxy) is 3. The van der Waals surface area contributed by atoms with Crippen molar-refractivity contribution in [3.05, 3.63) is 46.9 Å². The summed E-state index contributed by atoms with van der Waals surface area (Å²) in [5.74, 6) is 2.70. The fourth-order valence-corrected chi connectivity index (χ4v) is 2.61. The predicted octanol–water partition coefficient (Wildman–Crippen LogP) is 2.65. The normalized spacial score (nSPS) is 11.1. The maximum Gasteiger partial charge on any atom is 0.341 e. The van der Waals surface area contributed by atoms with Gasteiger partial charge in [-0.15, -0.1) is 0 Å². The van der Waals surface area contributed by atoms with Gasteiger partial charge in [0.1, 0.15) is 17.1 Å². The van der Waals surface area contributed by atoms with Crippen LogP contribution in [0, 0.1) is 6.92 Å². The highest BCUT2D eigenvalue weighted by atomic mass is 16.5. The number of hydrogen-bond acceptors (Lipinski definition) is 6. The molecule has 0 fully saturated rings. The summed E-state index contributed by atoms with van der Waals surface area (Å²) in [6, 6.07) is 7.35. The molecule has 2 aromatic rings. The molecule has 1 aromatic heterocycles. The molecular weight excluding hydrogens is 362 g/mol. The van der Waals surface area contributed by atoms with Crippen LogP contribution in [0.15, 0.2) is 33.7 Å². The molecule has 2 rings (SSSR count). The SMILES string of the molecule is CCNC(=NCc1ccc(OC)c(OC)c1)NCc1cc(C(=O)OC)c(C)o1. The Morgan fingerprint density at radius 3 is 2.50 bits per heavy atom. The summed E-state index contributed by atoms with van der Waals surface area (Å²) in [6.45, 7) is 5.27. The van der Waals surface area contributed by atoms with Crippen LogP contribution in [0.1, 0.15) is 34.4 Å². The average molecular weight is 389 g/mol. The van der Waals surface area contributed by atoms with Crippen molar-refractivity contribution in [2.24, 2.45) is 4.99 Å². The van der Waals surface area contributed by atoms with Crippen molar-refractivity contribution in [2.75, 3.05) is 27.9 Å². The minimum atomic E-state index is -0.415. The van der Waals surface area contributed by atoms with E-state index in [1.54, 1.807) is 27.2 Å². The van der Waals surface area contributed by atoms with Gasteiger partial charge in [0.2, 0.25) is 0 Å². The van der Waals surface area contributed by atoms with Crippen LogP contribution in [0.4, 0.5) is 0 Å². The molecule has 0 atom stereocenters. The Balaban J connectivity index is 2.06. The van der Waals surface area contributed by atoms with Gasteiger partial charge in [-0.1, -0.05) is 6.07 Å². The van der Waals surface area contributed by atoms with E-state index in [9.17, 15) is 4.79 Å². The van der Waals surface area contributed by atoms with Gasteiger partial charge in [0.05, 0.1) is 34.4 Å². The fraction of sp³-hybridized carbons (Fsp3) is 0.400. The highest BCUT2D eigenvalue weighted by molar-refractivity contribution is 5.90. The van der Waals surface area contributed by atoms with Crippen molar-refractivity contribution in [1.82, 2.24) is 10.6 Å². The van der Waals surface area contributed by atoms with Crippen LogP contribution in [-0.2, 0) is 17.8 Å². The number of methoxy groups -OCH3 is 3. The number of nitrogens with one attached hydrogen (secondary N) is 2. The van der Waals surface area contributed by atoms with Crippen molar-refractivity contribution in [3.63, 3.8) is 0 Å². The van der Waals surface area contributed by atoms with E-state index in [4.69, 9.17) is 18.6 Å². The first-order chi connectivity index (χ1) is 13.5. The molecule has 8 heteroatoms. The standard InChI is InChI=1S/C20H27N3O5/c1-6-21-20(22-11-14-7-8-17(25-3)18(9-14)26-4)23-12-15-10-16(13(2)28-15)19(24)27-5/h7-10H,6,11-12H2,1-5H3,(H2,21,22,23). The number of nitrogens with zero attached hydrogens (tertiary/aromatic N) is 1. The van der Waals surface area contributed by atoms with Gasteiger partial charge in [-0.2, -0.15) is 0 Å². The summed E-state index contributed by atoms with van der Waals surface area (Å²) in [6.07, 6.45) is 0. The topological polar surface area (TPSA) is 94.3 Å². The molecule has 8 nitrogen and oxygen atoms in total. The Hall–Kier alpha value is -3.16. The van der Waals surface area contributed by atoms with Crippen molar-refractivity contribution in [2.45, 2.75) is 26.9 Å². The van der Waals surface area contributed by atoms with E-state index in [0.717, 1.165) is 5.56 Å². The molecule has 152 valence electrons. The molecule has 0 bridgehead atoms. The van der Waals surface area contributed by atoms with E-state index in [0.29, 0.717) is 54.2 Å². The third kappa shape index (κ3) is 5.42. The second kappa shape index (κ2) is 10.2. The van der Waals surface area contributed by atoms with Crippen molar-refractivity contribution in [1.29, 1.82) is 0 Å². The number of carbonyl (C=O) groups is 1. The first-order valence-corrected chi connectivity index (χ1v) is 8.93. The molecular formula is C20H27N3O5. The molecule has 1 heterocycles. The molecule has 0 aliphatic heterocycles. The molecule has 0 amide bonds. The summed E-state index contributed by atoms with van der Waals surface area (Å²) in [5, 5.41) is 6.37. The predicted molar refractivity (Wildman–Crippen MR) is 106 cm³/mol. The molecule has 0 saturated carbocycles. The molecule has 0 radical (unpaired) electrons. The van der Waals surface area contributed by atoms with Gasteiger partial charge < -0.3 is 29.3 Å². The quantitative estimate of drug-likeness (QED) is 0.407. The largest absolute Gasteiger partial charge is 0.493 e. The van der Waals surface area contributed by atoms with Gasteiger partial charge in [-0.25, -0.2) is 9.79 Å². The summed E-state index contributed by atoms with van der Waals surface area (Å²) in [4.78, 5) is 16.3. The number of aliphatic imine (C=N–C) groups is 1. The highest BCUT2D eigenvalue weighted by Gasteiger charge is 2.15. The number of hydrogen-bond donors (Lipinski definition) is 2. The molecule has 1 aromatic carbocycles. The van der Waals surface area contributed by atoms with Gasteiger partial charge in [-0.3, -0.25) is 0 Å². The van der Waals surface area contributed by atoms with Crippen LogP contribution in [0.2, 0.25) is 0 Å². The molecule has 0 spiro atoms. The number of guanidine groups is 1. The molecule has 0 aliphatic carbocycles. The van der Waals surface area contributed by atoms with Gasteiger partial charge in [0.15, 0.2) is 17.5 Å².